The molecular weight excluding hydrogens is 445 g/mol. The Balaban J connectivity index is 1.50. The summed E-state index contributed by atoms with van der Waals surface area (Å²) in [5.74, 6) is -1.19. The number of fused-ring (bicyclic) bond motifs is 1. The molecule has 0 saturated carbocycles. The first-order valence-electron chi connectivity index (χ1n) is 8.68. The maximum atomic E-state index is 12.2. The van der Waals surface area contributed by atoms with E-state index in [0.29, 0.717) is 16.3 Å². The number of aliphatic hydroxyl groups excluding tert-OH is 1. The second kappa shape index (κ2) is 9.15. The fraction of sp³-hybridized carbons (Fsp3) is 0.263. The van der Waals surface area contributed by atoms with Gasteiger partial charge in [-0.05, 0) is 35.9 Å². The van der Waals surface area contributed by atoms with Crippen LogP contribution in [0.15, 0.2) is 47.4 Å². The number of carbonyl (C=O) groups is 2. The first-order valence-corrected chi connectivity index (χ1v) is 9.94. The third kappa shape index (κ3) is 6.04. The summed E-state index contributed by atoms with van der Waals surface area (Å²) in [4.78, 5) is 25.2. The van der Waals surface area contributed by atoms with Crippen molar-refractivity contribution in [2.45, 2.75) is 29.0 Å². The number of aliphatic hydroxyl groups is 1. The first-order chi connectivity index (χ1) is 14.1. The van der Waals surface area contributed by atoms with E-state index in [-0.39, 0.29) is 18.9 Å². The van der Waals surface area contributed by atoms with Crippen molar-refractivity contribution in [3.8, 4) is 5.75 Å². The second-order valence-corrected chi connectivity index (χ2v) is 8.06. The van der Waals surface area contributed by atoms with Crippen LogP contribution in [-0.4, -0.2) is 35.1 Å². The highest BCUT2D eigenvalue weighted by molar-refractivity contribution is 8.01. The molecule has 11 heteroatoms. The molecule has 2 amide bonds. The Morgan fingerprint density at radius 3 is 2.63 bits per heavy atom. The number of halogens is 4. The van der Waals surface area contributed by atoms with Crippen molar-refractivity contribution in [1.29, 1.82) is 0 Å². The lowest BCUT2D eigenvalue weighted by Crippen LogP contribution is -2.36. The number of thioether (sulfide) groups is 1. The smallest absolute Gasteiger partial charge is 0.406 e. The molecule has 160 valence electrons. The third-order valence-electron chi connectivity index (χ3n) is 4.12. The van der Waals surface area contributed by atoms with Crippen molar-refractivity contribution >= 4 is 40.9 Å². The number of hydrogen-bond donors (Lipinski definition) is 3. The van der Waals surface area contributed by atoms with E-state index in [1.54, 1.807) is 18.2 Å². The van der Waals surface area contributed by atoms with Crippen molar-refractivity contribution in [2.24, 2.45) is 0 Å². The molecule has 1 aliphatic heterocycles. The minimum atomic E-state index is -4.80. The predicted molar refractivity (Wildman–Crippen MR) is 105 cm³/mol. The van der Waals surface area contributed by atoms with Crippen molar-refractivity contribution in [3.63, 3.8) is 0 Å². The van der Waals surface area contributed by atoms with Gasteiger partial charge in [-0.15, -0.1) is 24.9 Å². The molecule has 0 aromatic heterocycles. The van der Waals surface area contributed by atoms with Crippen LogP contribution in [0.5, 0.6) is 5.75 Å². The Morgan fingerprint density at radius 1 is 1.27 bits per heavy atom. The minimum Gasteiger partial charge on any atom is -0.406 e. The van der Waals surface area contributed by atoms with E-state index in [1.807, 2.05) is 0 Å². The summed E-state index contributed by atoms with van der Waals surface area (Å²) in [6.45, 7) is -0.163. The van der Waals surface area contributed by atoms with E-state index >= 15 is 0 Å². The van der Waals surface area contributed by atoms with E-state index in [1.165, 1.54) is 23.9 Å². The van der Waals surface area contributed by atoms with Gasteiger partial charge in [-0.3, -0.25) is 9.59 Å². The van der Waals surface area contributed by atoms with Crippen molar-refractivity contribution in [2.75, 3.05) is 11.9 Å². The highest BCUT2D eigenvalue weighted by atomic mass is 35.5. The molecule has 2 atom stereocenters. The molecule has 6 nitrogen and oxygen atoms in total. The maximum Gasteiger partial charge on any atom is 0.573 e. The van der Waals surface area contributed by atoms with Gasteiger partial charge in [-0.25, -0.2) is 0 Å². The molecule has 3 N–H and O–H groups in total. The molecule has 0 saturated heterocycles. The summed E-state index contributed by atoms with van der Waals surface area (Å²) >= 11 is 7.14. The van der Waals surface area contributed by atoms with Crippen LogP contribution in [0.3, 0.4) is 0 Å². The van der Waals surface area contributed by atoms with Crippen molar-refractivity contribution in [1.82, 2.24) is 5.32 Å². The normalized spacial score (nSPS) is 17.0. The van der Waals surface area contributed by atoms with Crippen LogP contribution < -0.4 is 15.4 Å². The van der Waals surface area contributed by atoms with Gasteiger partial charge in [-0.2, -0.15) is 0 Å². The Kier molecular flexibility index (Phi) is 6.79. The van der Waals surface area contributed by atoms with Gasteiger partial charge < -0.3 is 20.5 Å². The Hall–Kier alpha value is -2.43. The van der Waals surface area contributed by atoms with Gasteiger partial charge in [0.2, 0.25) is 11.8 Å². The zero-order valence-electron chi connectivity index (χ0n) is 15.2. The molecule has 0 fully saturated rings. The molecular formula is C19H16ClF3N2O4S. The van der Waals surface area contributed by atoms with Crippen molar-refractivity contribution in [3.05, 3.63) is 53.1 Å². The SMILES string of the molecule is O=C(CC1Sc2ccc(Cl)cc2NC1=O)NCC(O)c1ccc(OC(F)(F)F)cc1. The van der Waals surface area contributed by atoms with E-state index in [9.17, 15) is 27.9 Å². The summed E-state index contributed by atoms with van der Waals surface area (Å²) in [6, 6.07) is 9.74. The summed E-state index contributed by atoms with van der Waals surface area (Å²) in [5, 5.41) is 15.2. The molecule has 30 heavy (non-hydrogen) atoms. The van der Waals surface area contributed by atoms with Crippen LogP contribution in [0.1, 0.15) is 18.1 Å². The van der Waals surface area contributed by atoms with Gasteiger partial charge in [-0.1, -0.05) is 23.7 Å². The van der Waals surface area contributed by atoms with Gasteiger partial charge in [0, 0.05) is 22.9 Å². The number of benzene rings is 2. The summed E-state index contributed by atoms with van der Waals surface area (Å²) in [6.07, 6.45) is -6.04. The molecule has 0 radical (unpaired) electrons. The fourth-order valence-corrected chi connectivity index (χ4v) is 3.98. The van der Waals surface area contributed by atoms with Crippen molar-refractivity contribution < 1.29 is 32.6 Å². The molecule has 2 aromatic carbocycles. The topological polar surface area (TPSA) is 87.7 Å². The molecule has 2 unspecified atom stereocenters. The molecule has 0 aliphatic carbocycles. The number of rotatable bonds is 6. The molecule has 0 bridgehead atoms. The Labute approximate surface area is 178 Å². The van der Waals surface area contributed by atoms with E-state index in [2.05, 4.69) is 15.4 Å². The first kappa shape index (κ1) is 22.3. The highest BCUT2D eigenvalue weighted by Gasteiger charge is 2.31. The van der Waals surface area contributed by atoms with Gasteiger partial charge in [0.15, 0.2) is 0 Å². The largest absolute Gasteiger partial charge is 0.573 e. The third-order valence-corrected chi connectivity index (χ3v) is 5.63. The van der Waals surface area contributed by atoms with Crippen LogP contribution in [0, 0.1) is 0 Å². The lowest BCUT2D eigenvalue weighted by Gasteiger charge is -2.24. The van der Waals surface area contributed by atoms with Gasteiger partial charge in [0.05, 0.1) is 17.0 Å². The molecule has 1 heterocycles. The van der Waals surface area contributed by atoms with Crippen LogP contribution in [-0.2, 0) is 9.59 Å². The van der Waals surface area contributed by atoms with Crippen LogP contribution in [0.25, 0.3) is 0 Å². The lowest BCUT2D eigenvalue weighted by atomic mass is 10.1. The number of hydrogen-bond acceptors (Lipinski definition) is 5. The number of alkyl halides is 3. The summed E-state index contributed by atoms with van der Waals surface area (Å²) in [5.41, 5.74) is 0.892. The standard InChI is InChI=1S/C19H16ClF3N2O4S/c20-11-3-6-15-13(7-11)25-18(28)16(30-15)8-17(27)24-9-14(26)10-1-4-12(5-2-10)29-19(21,22)23/h1-7,14,16,26H,8-9H2,(H,24,27)(H,25,28). The summed E-state index contributed by atoms with van der Waals surface area (Å²) < 4.78 is 40.3. The maximum absolute atomic E-state index is 12.2. The second-order valence-electron chi connectivity index (χ2n) is 6.38. The number of carbonyl (C=O) groups excluding carboxylic acids is 2. The van der Waals surface area contributed by atoms with E-state index in [4.69, 9.17) is 11.6 Å². The fourth-order valence-electron chi connectivity index (χ4n) is 2.72. The zero-order chi connectivity index (χ0) is 21.9. The number of nitrogens with one attached hydrogen (secondary N) is 2. The molecule has 2 aromatic rings. The number of anilines is 1. The Morgan fingerprint density at radius 2 is 1.97 bits per heavy atom. The van der Waals surface area contributed by atoms with Gasteiger partial charge >= 0.3 is 6.36 Å². The monoisotopic (exact) mass is 460 g/mol. The van der Waals surface area contributed by atoms with E-state index in [0.717, 1.165) is 17.0 Å². The van der Waals surface area contributed by atoms with E-state index < -0.39 is 29.4 Å². The summed E-state index contributed by atoms with van der Waals surface area (Å²) in [7, 11) is 0. The average molecular weight is 461 g/mol. The lowest BCUT2D eigenvalue weighted by molar-refractivity contribution is -0.274. The number of ether oxygens (including phenoxy) is 1. The van der Waals surface area contributed by atoms with Crippen LogP contribution in [0.2, 0.25) is 5.02 Å². The molecule has 1 aliphatic rings. The zero-order valence-corrected chi connectivity index (χ0v) is 16.8. The minimum absolute atomic E-state index is 0.107. The molecule has 3 rings (SSSR count). The average Bonchev–Trinajstić information content (AvgIpc) is 2.66. The Bertz CT molecular complexity index is 940. The van der Waals surface area contributed by atoms with Crippen LogP contribution in [0.4, 0.5) is 18.9 Å². The molecule has 0 spiro atoms. The predicted octanol–water partition coefficient (Wildman–Crippen LogP) is 3.89. The van der Waals surface area contributed by atoms with Crippen LogP contribution >= 0.6 is 23.4 Å². The quantitative estimate of drug-likeness (QED) is 0.608. The van der Waals surface area contributed by atoms with Gasteiger partial charge in [0.1, 0.15) is 5.75 Å². The number of amides is 2. The van der Waals surface area contributed by atoms with Gasteiger partial charge in [0.25, 0.3) is 0 Å². The highest BCUT2D eigenvalue weighted by Crippen LogP contribution is 2.38.